The van der Waals surface area contributed by atoms with Crippen molar-refractivity contribution in [3.63, 3.8) is 0 Å². The second-order valence-electron chi connectivity index (χ2n) is 2.99. The van der Waals surface area contributed by atoms with Crippen LogP contribution in [0.1, 0.15) is 12.5 Å². The van der Waals surface area contributed by atoms with E-state index in [9.17, 15) is 4.39 Å². The van der Waals surface area contributed by atoms with Gasteiger partial charge in [-0.1, -0.05) is 23.6 Å². The van der Waals surface area contributed by atoms with E-state index in [-0.39, 0.29) is 11.9 Å². The lowest BCUT2D eigenvalue weighted by Gasteiger charge is -2.06. The monoisotopic (exact) mass is 213 g/mol. The van der Waals surface area contributed by atoms with Crippen LogP contribution < -0.4 is 0 Å². The summed E-state index contributed by atoms with van der Waals surface area (Å²) in [4.78, 5) is 2.67. The second kappa shape index (κ2) is 4.84. The molecule has 74 valence electrons. The van der Waals surface area contributed by atoms with E-state index in [1.165, 1.54) is 18.2 Å². The number of hydrogen-bond acceptors (Lipinski definition) is 1. The minimum atomic E-state index is -0.336. The standard InChI is InChI=1S/C9H9ClFN3/c1-6(13-14-12)4-7-5-8(11)2-3-9(7)10/h2-3,5-6H,4H2,1H3. The van der Waals surface area contributed by atoms with Crippen molar-refractivity contribution in [2.24, 2.45) is 5.11 Å². The summed E-state index contributed by atoms with van der Waals surface area (Å²) >= 11 is 5.84. The molecular weight excluding hydrogens is 205 g/mol. The zero-order chi connectivity index (χ0) is 10.6. The van der Waals surface area contributed by atoms with Gasteiger partial charge in [0, 0.05) is 16.0 Å². The molecule has 1 atom stereocenters. The first-order chi connectivity index (χ1) is 6.63. The van der Waals surface area contributed by atoms with Gasteiger partial charge in [-0.25, -0.2) is 4.39 Å². The van der Waals surface area contributed by atoms with Crippen LogP contribution >= 0.6 is 11.6 Å². The number of rotatable bonds is 3. The van der Waals surface area contributed by atoms with Crippen LogP contribution in [0, 0.1) is 5.82 Å². The topological polar surface area (TPSA) is 48.8 Å². The first kappa shape index (κ1) is 10.8. The van der Waals surface area contributed by atoms with Crippen LogP contribution in [0.4, 0.5) is 4.39 Å². The minimum Gasteiger partial charge on any atom is -0.207 e. The van der Waals surface area contributed by atoms with Gasteiger partial charge in [-0.3, -0.25) is 0 Å². The number of azide groups is 1. The van der Waals surface area contributed by atoms with E-state index in [0.29, 0.717) is 17.0 Å². The van der Waals surface area contributed by atoms with Crippen molar-refractivity contribution < 1.29 is 4.39 Å². The van der Waals surface area contributed by atoms with Crippen molar-refractivity contribution in [2.75, 3.05) is 0 Å². The molecule has 0 spiro atoms. The molecule has 0 N–H and O–H groups in total. The predicted octanol–water partition coefficient (Wildman–Crippen LogP) is 3.72. The van der Waals surface area contributed by atoms with Gasteiger partial charge >= 0.3 is 0 Å². The molecule has 0 aliphatic carbocycles. The van der Waals surface area contributed by atoms with Crippen LogP contribution in [-0.2, 0) is 6.42 Å². The molecule has 1 rings (SSSR count). The van der Waals surface area contributed by atoms with Crippen LogP contribution in [0.3, 0.4) is 0 Å². The highest BCUT2D eigenvalue weighted by molar-refractivity contribution is 6.31. The molecule has 0 saturated heterocycles. The summed E-state index contributed by atoms with van der Waals surface area (Å²) in [5.41, 5.74) is 8.85. The van der Waals surface area contributed by atoms with Crippen LogP contribution in [-0.4, -0.2) is 6.04 Å². The zero-order valence-electron chi connectivity index (χ0n) is 7.61. The summed E-state index contributed by atoms with van der Waals surface area (Å²) < 4.78 is 12.8. The fraction of sp³-hybridized carbons (Fsp3) is 0.333. The Kier molecular flexibility index (Phi) is 3.74. The molecule has 0 bridgehead atoms. The first-order valence-corrected chi connectivity index (χ1v) is 4.49. The van der Waals surface area contributed by atoms with Crippen molar-refractivity contribution in [3.05, 3.63) is 45.0 Å². The Labute approximate surface area is 86.1 Å². The van der Waals surface area contributed by atoms with Gasteiger partial charge in [0.2, 0.25) is 0 Å². The maximum absolute atomic E-state index is 12.8. The summed E-state index contributed by atoms with van der Waals surface area (Å²) in [7, 11) is 0. The Morgan fingerprint density at radius 1 is 1.64 bits per heavy atom. The molecule has 0 heterocycles. The SMILES string of the molecule is CC(Cc1cc(F)ccc1Cl)N=[N+]=[N-]. The molecule has 1 aromatic rings. The van der Waals surface area contributed by atoms with Crippen molar-refractivity contribution in [2.45, 2.75) is 19.4 Å². The fourth-order valence-electron chi connectivity index (χ4n) is 1.15. The Hall–Kier alpha value is -1.25. The Bertz CT molecular complexity index is 374. The van der Waals surface area contributed by atoms with Gasteiger partial charge in [-0.05, 0) is 35.7 Å². The van der Waals surface area contributed by atoms with Crippen LogP contribution in [0.15, 0.2) is 23.3 Å². The van der Waals surface area contributed by atoms with E-state index in [1.807, 2.05) is 0 Å². The maximum Gasteiger partial charge on any atom is 0.123 e. The molecular formula is C9H9ClFN3. The van der Waals surface area contributed by atoms with Gasteiger partial charge in [-0.15, -0.1) is 0 Å². The summed E-state index contributed by atoms with van der Waals surface area (Å²) in [5.74, 6) is -0.336. The van der Waals surface area contributed by atoms with Gasteiger partial charge in [0.25, 0.3) is 0 Å². The van der Waals surface area contributed by atoms with E-state index in [0.717, 1.165) is 0 Å². The van der Waals surface area contributed by atoms with Gasteiger partial charge < -0.3 is 0 Å². The van der Waals surface area contributed by atoms with Gasteiger partial charge in [0.1, 0.15) is 5.82 Å². The molecule has 1 aromatic carbocycles. The first-order valence-electron chi connectivity index (χ1n) is 4.11. The second-order valence-corrected chi connectivity index (χ2v) is 3.40. The molecule has 0 aliphatic rings. The third-order valence-corrected chi connectivity index (χ3v) is 2.14. The van der Waals surface area contributed by atoms with E-state index in [2.05, 4.69) is 10.0 Å². The predicted molar refractivity (Wildman–Crippen MR) is 53.7 cm³/mol. The lowest BCUT2D eigenvalue weighted by molar-refractivity contribution is 0.622. The lowest BCUT2D eigenvalue weighted by Crippen LogP contribution is -2.02. The summed E-state index contributed by atoms with van der Waals surface area (Å²) in [5, 5.41) is 3.98. The molecule has 0 amide bonds. The van der Waals surface area contributed by atoms with Crippen LogP contribution in [0.2, 0.25) is 5.02 Å². The highest BCUT2D eigenvalue weighted by Crippen LogP contribution is 2.19. The van der Waals surface area contributed by atoms with Gasteiger partial charge in [0.05, 0.1) is 0 Å². The number of nitrogens with zero attached hydrogens (tertiary/aromatic N) is 3. The van der Waals surface area contributed by atoms with Gasteiger partial charge in [-0.2, -0.15) is 0 Å². The Morgan fingerprint density at radius 3 is 3.00 bits per heavy atom. The van der Waals surface area contributed by atoms with Crippen molar-refractivity contribution in [1.82, 2.24) is 0 Å². The third kappa shape index (κ3) is 2.91. The van der Waals surface area contributed by atoms with Gasteiger partial charge in [0.15, 0.2) is 0 Å². The van der Waals surface area contributed by atoms with E-state index >= 15 is 0 Å². The molecule has 14 heavy (non-hydrogen) atoms. The summed E-state index contributed by atoms with van der Waals surface area (Å²) in [6.07, 6.45) is 0.445. The highest BCUT2D eigenvalue weighted by atomic mass is 35.5. The number of halogens is 2. The highest BCUT2D eigenvalue weighted by Gasteiger charge is 2.06. The number of benzene rings is 1. The summed E-state index contributed by atoms with van der Waals surface area (Å²) in [6.45, 7) is 1.75. The molecule has 3 nitrogen and oxygen atoms in total. The average molecular weight is 214 g/mol. The Morgan fingerprint density at radius 2 is 2.36 bits per heavy atom. The third-order valence-electron chi connectivity index (χ3n) is 1.77. The van der Waals surface area contributed by atoms with Crippen LogP contribution in [0.5, 0.6) is 0 Å². The van der Waals surface area contributed by atoms with E-state index in [1.54, 1.807) is 6.92 Å². The largest absolute Gasteiger partial charge is 0.207 e. The lowest BCUT2D eigenvalue weighted by atomic mass is 10.1. The van der Waals surface area contributed by atoms with E-state index < -0.39 is 0 Å². The van der Waals surface area contributed by atoms with Crippen molar-refractivity contribution in [1.29, 1.82) is 0 Å². The molecule has 0 saturated carbocycles. The molecule has 1 unspecified atom stereocenters. The Balaban J connectivity index is 2.85. The molecule has 0 fully saturated rings. The summed E-state index contributed by atoms with van der Waals surface area (Å²) in [6, 6.07) is 3.92. The van der Waals surface area contributed by atoms with Crippen molar-refractivity contribution in [3.8, 4) is 0 Å². The molecule has 0 radical (unpaired) electrons. The normalized spacial score (nSPS) is 11.9. The average Bonchev–Trinajstić information content (AvgIpc) is 2.12. The molecule has 0 aromatic heterocycles. The number of hydrogen-bond donors (Lipinski definition) is 0. The smallest absolute Gasteiger partial charge is 0.123 e. The fourth-order valence-corrected chi connectivity index (χ4v) is 1.34. The molecule has 5 heteroatoms. The van der Waals surface area contributed by atoms with E-state index in [4.69, 9.17) is 17.1 Å². The zero-order valence-corrected chi connectivity index (χ0v) is 8.37. The quantitative estimate of drug-likeness (QED) is 0.418. The maximum atomic E-state index is 12.8. The van der Waals surface area contributed by atoms with Crippen molar-refractivity contribution >= 4 is 11.6 Å². The minimum absolute atomic E-state index is 0.223. The van der Waals surface area contributed by atoms with Crippen LogP contribution in [0.25, 0.3) is 10.4 Å². The molecule has 0 aliphatic heterocycles.